The first-order valence-electron chi connectivity index (χ1n) is 9.74. The number of nitrogens with zero attached hydrogens (tertiary/aromatic N) is 2. The molecule has 0 radical (unpaired) electrons. The van der Waals surface area contributed by atoms with E-state index in [0.717, 1.165) is 45.4 Å². The molecule has 1 aliphatic heterocycles. The minimum absolute atomic E-state index is 0. The van der Waals surface area contributed by atoms with Gasteiger partial charge in [-0.25, -0.2) is 0 Å². The fraction of sp³-hybridized carbons (Fsp3) is 0.600. The van der Waals surface area contributed by atoms with Gasteiger partial charge in [0.25, 0.3) is 0 Å². The van der Waals surface area contributed by atoms with Crippen molar-refractivity contribution in [1.29, 1.82) is 0 Å². The first kappa shape index (κ1) is 24.5. The van der Waals surface area contributed by atoms with Gasteiger partial charge in [0, 0.05) is 56.8 Å². The molecule has 2 amide bonds. The Labute approximate surface area is 180 Å². The topological polar surface area (TPSA) is 78.7 Å². The SMILES string of the molecule is Cl.Cl.NC1CCC(C(=O)NCCCC(=O)N2CCN(c3ccccc3)CC2)C1. The van der Waals surface area contributed by atoms with Gasteiger partial charge in [0.1, 0.15) is 0 Å². The molecule has 1 saturated heterocycles. The third kappa shape index (κ3) is 6.83. The lowest BCUT2D eigenvalue weighted by molar-refractivity contribution is -0.132. The fourth-order valence-corrected chi connectivity index (χ4v) is 3.86. The number of carbonyl (C=O) groups excluding carboxylic acids is 2. The first-order chi connectivity index (χ1) is 12.6. The van der Waals surface area contributed by atoms with Gasteiger partial charge in [-0.2, -0.15) is 0 Å². The monoisotopic (exact) mass is 430 g/mol. The Morgan fingerprint density at radius 1 is 1.04 bits per heavy atom. The average Bonchev–Trinajstić information content (AvgIpc) is 3.12. The predicted octanol–water partition coefficient (Wildman–Crippen LogP) is 2.20. The van der Waals surface area contributed by atoms with Crippen molar-refractivity contribution in [3.63, 3.8) is 0 Å². The Morgan fingerprint density at radius 2 is 1.71 bits per heavy atom. The molecule has 1 saturated carbocycles. The zero-order chi connectivity index (χ0) is 18.4. The molecule has 28 heavy (non-hydrogen) atoms. The van der Waals surface area contributed by atoms with E-state index < -0.39 is 0 Å². The summed E-state index contributed by atoms with van der Waals surface area (Å²) >= 11 is 0. The molecule has 0 bridgehead atoms. The summed E-state index contributed by atoms with van der Waals surface area (Å²) in [5.41, 5.74) is 7.07. The van der Waals surface area contributed by atoms with Gasteiger partial charge < -0.3 is 20.9 Å². The van der Waals surface area contributed by atoms with Gasteiger partial charge in [0.05, 0.1) is 0 Å². The highest BCUT2D eigenvalue weighted by Gasteiger charge is 2.27. The van der Waals surface area contributed by atoms with Crippen LogP contribution in [0.4, 0.5) is 5.69 Å². The molecule has 2 aliphatic rings. The van der Waals surface area contributed by atoms with E-state index in [-0.39, 0.29) is 48.6 Å². The predicted molar refractivity (Wildman–Crippen MR) is 117 cm³/mol. The van der Waals surface area contributed by atoms with Gasteiger partial charge >= 0.3 is 0 Å². The number of carbonyl (C=O) groups is 2. The number of amides is 2. The highest BCUT2D eigenvalue weighted by atomic mass is 35.5. The number of nitrogens with one attached hydrogen (secondary N) is 1. The van der Waals surface area contributed by atoms with Crippen LogP contribution in [0.2, 0.25) is 0 Å². The molecular formula is C20H32Cl2N4O2. The molecule has 2 unspecified atom stereocenters. The summed E-state index contributed by atoms with van der Waals surface area (Å²) in [6.45, 7) is 3.84. The Balaban J connectivity index is 0.00000196. The van der Waals surface area contributed by atoms with Crippen LogP contribution in [0, 0.1) is 5.92 Å². The maximum Gasteiger partial charge on any atom is 0.223 e. The van der Waals surface area contributed by atoms with Crippen LogP contribution in [0.5, 0.6) is 0 Å². The van der Waals surface area contributed by atoms with E-state index in [0.29, 0.717) is 19.4 Å². The van der Waals surface area contributed by atoms with Gasteiger partial charge in [0.15, 0.2) is 0 Å². The van der Waals surface area contributed by atoms with E-state index in [1.165, 1.54) is 5.69 Å². The molecule has 158 valence electrons. The van der Waals surface area contributed by atoms with Crippen LogP contribution in [0.15, 0.2) is 30.3 Å². The van der Waals surface area contributed by atoms with Gasteiger partial charge in [-0.3, -0.25) is 9.59 Å². The highest BCUT2D eigenvalue weighted by Crippen LogP contribution is 2.24. The number of rotatable bonds is 6. The number of para-hydroxylation sites is 1. The maximum atomic E-state index is 12.4. The van der Waals surface area contributed by atoms with Crippen molar-refractivity contribution in [3.05, 3.63) is 30.3 Å². The number of piperazine rings is 1. The third-order valence-corrected chi connectivity index (χ3v) is 5.46. The van der Waals surface area contributed by atoms with Crippen LogP contribution in [-0.2, 0) is 9.59 Å². The average molecular weight is 431 g/mol. The van der Waals surface area contributed by atoms with Gasteiger partial charge in [0.2, 0.25) is 11.8 Å². The summed E-state index contributed by atoms with van der Waals surface area (Å²) in [6, 6.07) is 10.5. The zero-order valence-electron chi connectivity index (χ0n) is 16.2. The van der Waals surface area contributed by atoms with Crippen molar-refractivity contribution >= 4 is 42.3 Å². The second-order valence-electron chi connectivity index (χ2n) is 7.37. The number of anilines is 1. The van der Waals surface area contributed by atoms with Crippen molar-refractivity contribution in [2.24, 2.45) is 11.7 Å². The smallest absolute Gasteiger partial charge is 0.223 e. The standard InChI is InChI=1S/C20H30N4O2.2ClH/c21-17-9-8-16(15-17)20(26)22-10-4-7-19(25)24-13-11-23(12-14-24)18-5-2-1-3-6-18;;/h1-3,5-6,16-17H,4,7-15,21H2,(H,22,26);2*1H. The lowest BCUT2D eigenvalue weighted by Crippen LogP contribution is -2.48. The molecule has 8 heteroatoms. The van der Waals surface area contributed by atoms with Crippen molar-refractivity contribution in [1.82, 2.24) is 10.2 Å². The van der Waals surface area contributed by atoms with Gasteiger partial charge in [-0.15, -0.1) is 24.8 Å². The number of benzene rings is 1. The van der Waals surface area contributed by atoms with Crippen LogP contribution < -0.4 is 16.0 Å². The first-order valence-corrected chi connectivity index (χ1v) is 9.74. The number of halogens is 2. The summed E-state index contributed by atoms with van der Waals surface area (Å²) in [4.78, 5) is 28.7. The van der Waals surface area contributed by atoms with E-state index in [4.69, 9.17) is 5.73 Å². The lowest BCUT2D eigenvalue weighted by atomic mass is 10.1. The van der Waals surface area contributed by atoms with E-state index in [2.05, 4.69) is 22.3 Å². The van der Waals surface area contributed by atoms with Crippen LogP contribution in [0.25, 0.3) is 0 Å². The van der Waals surface area contributed by atoms with Crippen LogP contribution in [0.3, 0.4) is 0 Å². The van der Waals surface area contributed by atoms with Crippen LogP contribution >= 0.6 is 24.8 Å². The van der Waals surface area contributed by atoms with E-state index in [1.807, 2.05) is 23.1 Å². The molecule has 0 spiro atoms. The largest absolute Gasteiger partial charge is 0.368 e. The zero-order valence-corrected chi connectivity index (χ0v) is 17.9. The summed E-state index contributed by atoms with van der Waals surface area (Å²) in [5, 5.41) is 2.96. The highest BCUT2D eigenvalue weighted by molar-refractivity contribution is 5.85. The van der Waals surface area contributed by atoms with Crippen molar-refractivity contribution in [2.45, 2.75) is 38.1 Å². The van der Waals surface area contributed by atoms with Crippen molar-refractivity contribution < 1.29 is 9.59 Å². The minimum Gasteiger partial charge on any atom is -0.368 e. The Bertz CT molecular complexity index is 609. The normalized spacial score (nSPS) is 21.5. The fourth-order valence-electron chi connectivity index (χ4n) is 3.86. The number of hydrogen-bond donors (Lipinski definition) is 2. The molecule has 0 aromatic heterocycles. The molecule has 1 aromatic rings. The third-order valence-electron chi connectivity index (χ3n) is 5.46. The van der Waals surface area contributed by atoms with Crippen molar-refractivity contribution in [2.75, 3.05) is 37.6 Å². The Kier molecular flexibility index (Phi) is 10.6. The maximum absolute atomic E-state index is 12.4. The minimum atomic E-state index is 0. The second kappa shape index (κ2) is 12.1. The molecule has 1 aromatic carbocycles. The lowest BCUT2D eigenvalue weighted by Gasteiger charge is -2.36. The van der Waals surface area contributed by atoms with E-state index in [9.17, 15) is 9.59 Å². The summed E-state index contributed by atoms with van der Waals surface area (Å²) in [5.74, 6) is 0.350. The molecule has 1 aliphatic carbocycles. The molecule has 2 fully saturated rings. The number of nitrogens with two attached hydrogens (primary N) is 1. The quantitative estimate of drug-likeness (QED) is 0.677. The summed E-state index contributed by atoms with van der Waals surface area (Å²) in [6.07, 6.45) is 3.80. The molecule has 3 N–H and O–H groups in total. The van der Waals surface area contributed by atoms with Crippen LogP contribution in [-0.4, -0.2) is 55.5 Å². The van der Waals surface area contributed by atoms with Crippen LogP contribution in [0.1, 0.15) is 32.1 Å². The molecule has 2 atom stereocenters. The summed E-state index contributed by atoms with van der Waals surface area (Å²) in [7, 11) is 0. The number of hydrogen-bond acceptors (Lipinski definition) is 4. The molecular weight excluding hydrogens is 399 g/mol. The molecule has 3 rings (SSSR count). The Hall–Kier alpha value is -1.50. The van der Waals surface area contributed by atoms with E-state index in [1.54, 1.807) is 0 Å². The second-order valence-corrected chi connectivity index (χ2v) is 7.37. The van der Waals surface area contributed by atoms with E-state index >= 15 is 0 Å². The summed E-state index contributed by atoms with van der Waals surface area (Å²) < 4.78 is 0. The van der Waals surface area contributed by atoms with Gasteiger partial charge in [-0.05, 0) is 37.8 Å². The molecule has 6 nitrogen and oxygen atoms in total. The van der Waals surface area contributed by atoms with Crippen molar-refractivity contribution in [3.8, 4) is 0 Å². The molecule has 1 heterocycles. The van der Waals surface area contributed by atoms with Gasteiger partial charge in [-0.1, -0.05) is 18.2 Å². The Morgan fingerprint density at radius 3 is 2.32 bits per heavy atom.